The fourth-order valence-corrected chi connectivity index (χ4v) is 5.34. The Hall–Kier alpha value is -2.93. The van der Waals surface area contributed by atoms with Crippen molar-refractivity contribution in [1.29, 1.82) is 0 Å². The summed E-state index contributed by atoms with van der Waals surface area (Å²) in [4.78, 5) is 22.7. The highest BCUT2D eigenvalue weighted by atomic mass is 19.1. The minimum atomic E-state index is -0.249. The van der Waals surface area contributed by atoms with Gasteiger partial charge in [0.25, 0.3) is 5.91 Å². The number of hydrogen-bond donors (Lipinski definition) is 1. The van der Waals surface area contributed by atoms with Crippen LogP contribution in [0.15, 0.2) is 36.5 Å². The maximum Gasteiger partial charge on any atom is 0.253 e. The van der Waals surface area contributed by atoms with Gasteiger partial charge < -0.3 is 19.4 Å². The average Bonchev–Trinajstić information content (AvgIpc) is 3.59. The second-order valence-corrected chi connectivity index (χ2v) is 9.80. The first-order chi connectivity index (χ1) is 16.7. The number of hydrogen-bond acceptors (Lipinski definition) is 4. The molecule has 6 nitrogen and oxygen atoms in total. The standard InChI is InChI=1S/C27H30FN3O3/c28-23-16-29-26-22(15-24(30-26)17-9-13-33-14-10-17)25(23)18-7-11-31(12-8-18)27(32)19-1-3-20(4-2-19)34-21-5-6-21/h1-4,15-18,21H,5-14H2,(H,29,30). The maximum atomic E-state index is 15.0. The Balaban J connectivity index is 1.15. The predicted octanol–water partition coefficient (Wildman–Crippen LogP) is 5.16. The van der Waals surface area contributed by atoms with Gasteiger partial charge in [-0.05, 0) is 74.8 Å². The Kier molecular flexibility index (Phi) is 5.73. The van der Waals surface area contributed by atoms with Gasteiger partial charge in [-0.2, -0.15) is 0 Å². The molecule has 6 rings (SSSR count). The van der Waals surface area contributed by atoms with Gasteiger partial charge in [0.05, 0.1) is 12.3 Å². The van der Waals surface area contributed by atoms with Gasteiger partial charge in [0, 0.05) is 54.4 Å². The summed E-state index contributed by atoms with van der Waals surface area (Å²) in [6.45, 7) is 2.75. The molecule has 1 saturated carbocycles. The monoisotopic (exact) mass is 463 g/mol. The van der Waals surface area contributed by atoms with Crippen LogP contribution in [0.4, 0.5) is 4.39 Å². The third-order valence-electron chi connectivity index (χ3n) is 7.45. The first-order valence-electron chi connectivity index (χ1n) is 12.5. The summed E-state index contributed by atoms with van der Waals surface area (Å²) in [6, 6.07) is 9.54. The van der Waals surface area contributed by atoms with E-state index in [2.05, 4.69) is 16.0 Å². The van der Waals surface area contributed by atoms with Crippen molar-refractivity contribution in [2.24, 2.45) is 0 Å². The van der Waals surface area contributed by atoms with E-state index < -0.39 is 0 Å². The summed E-state index contributed by atoms with van der Waals surface area (Å²) in [6.07, 6.45) is 7.32. The van der Waals surface area contributed by atoms with Crippen molar-refractivity contribution < 1.29 is 18.7 Å². The first kappa shape index (κ1) is 21.6. The highest BCUT2D eigenvalue weighted by Gasteiger charge is 2.29. The molecular weight excluding hydrogens is 433 g/mol. The number of aromatic amines is 1. The molecule has 3 aromatic rings. The molecule has 4 heterocycles. The topological polar surface area (TPSA) is 67.5 Å². The summed E-state index contributed by atoms with van der Waals surface area (Å²) in [5, 5.41) is 0.887. The number of carbonyl (C=O) groups excluding carboxylic acids is 1. The van der Waals surface area contributed by atoms with Crippen molar-refractivity contribution in [3.8, 4) is 5.75 Å². The molecule has 1 aromatic carbocycles. The molecule has 0 unspecified atom stereocenters. The van der Waals surface area contributed by atoms with Crippen LogP contribution in [0.3, 0.4) is 0 Å². The Bertz CT molecular complexity index is 1170. The van der Waals surface area contributed by atoms with E-state index in [4.69, 9.17) is 9.47 Å². The number of carbonyl (C=O) groups is 1. The molecule has 3 fully saturated rings. The SMILES string of the molecule is O=C(c1ccc(OC2CC2)cc1)N1CCC(c2c(F)cnc3[nH]c(C4CCOCC4)cc23)CC1. The largest absolute Gasteiger partial charge is 0.490 e. The molecular formula is C27H30FN3O3. The third kappa shape index (κ3) is 4.29. The Labute approximate surface area is 198 Å². The molecule has 1 amide bonds. The van der Waals surface area contributed by atoms with Crippen LogP contribution in [0, 0.1) is 5.82 Å². The van der Waals surface area contributed by atoms with Crippen LogP contribution in [0.5, 0.6) is 5.75 Å². The zero-order valence-electron chi connectivity index (χ0n) is 19.3. The van der Waals surface area contributed by atoms with E-state index >= 15 is 4.39 Å². The van der Waals surface area contributed by atoms with Gasteiger partial charge >= 0.3 is 0 Å². The van der Waals surface area contributed by atoms with Gasteiger partial charge in [0.15, 0.2) is 0 Å². The fraction of sp³-hybridized carbons (Fsp3) is 0.481. The minimum Gasteiger partial charge on any atom is -0.490 e. The first-order valence-corrected chi connectivity index (χ1v) is 12.5. The molecule has 3 aliphatic rings. The van der Waals surface area contributed by atoms with Crippen molar-refractivity contribution >= 4 is 16.9 Å². The molecule has 0 radical (unpaired) electrons. The lowest BCUT2D eigenvalue weighted by Gasteiger charge is -2.32. The van der Waals surface area contributed by atoms with Crippen LogP contribution in [-0.2, 0) is 4.74 Å². The molecule has 2 aromatic heterocycles. The van der Waals surface area contributed by atoms with Gasteiger partial charge in [-0.25, -0.2) is 9.37 Å². The van der Waals surface area contributed by atoms with Crippen molar-refractivity contribution in [3.63, 3.8) is 0 Å². The molecule has 178 valence electrons. The Morgan fingerprint density at radius 1 is 1.03 bits per heavy atom. The summed E-state index contributed by atoms with van der Waals surface area (Å²) >= 11 is 0. The van der Waals surface area contributed by atoms with E-state index in [0.29, 0.717) is 30.7 Å². The zero-order chi connectivity index (χ0) is 23.1. The molecule has 7 heteroatoms. The number of H-pyrrole nitrogens is 1. The van der Waals surface area contributed by atoms with E-state index in [-0.39, 0.29) is 17.6 Å². The number of rotatable bonds is 5. The summed E-state index contributed by atoms with van der Waals surface area (Å²) in [7, 11) is 0. The number of likely N-dealkylation sites (tertiary alicyclic amines) is 1. The fourth-order valence-electron chi connectivity index (χ4n) is 5.34. The number of amides is 1. The maximum absolute atomic E-state index is 15.0. The number of nitrogens with zero attached hydrogens (tertiary/aromatic N) is 2. The number of aromatic nitrogens is 2. The van der Waals surface area contributed by atoms with Gasteiger partial charge in [0.2, 0.25) is 0 Å². The number of fused-ring (bicyclic) bond motifs is 1. The molecule has 0 bridgehead atoms. The molecule has 1 N–H and O–H groups in total. The van der Waals surface area contributed by atoms with Crippen LogP contribution in [0.25, 0.3) is 11.0 Å². The van der Waals surface area contributed by atoms with Crippen LogP contribution < -0.4 is 4.74 Å². The number of halogens is 1. The van der Waals surface area contributed by atoms with Crippen LogP contribution in [0.2, 0.25) is 0 Å². The lowest BCUT2D eigenvalue weighted by atomic mass is 9.87. The molecule has 2 aliphatic heterocycles. The van der Waals surface area contributed by atoms with E-state index in [1.807, 2.05) is 29.2 Å². The second-order valence-electron chi connectivity index (χ2n) is 9.80. The summed E-state index contributed by atoms with van der Waals surface area (Å²) in [5.41, 5.74) is 3.29. The quantitative estimate of drug-likeness (QED) is 0.568. The van der Waals surface area contributed by atoms with Crippen LogP contribution in [-0.4, -0.2) is 53.2 Å². The lowest BCUT2D eigenvalue weighted by molar-refractivity contribution is 0.0712. The van der Waals surface area contributed by atoms with E-state index in [9.17, 15) is 4.79 Å². The third-order valence-corrected chi connectivity index (χ3v) is 7.45. The van der Waals surface area contributed by atoms with Crippen LogP contribution >= 0.6 is 0 Å². The van der Waals surface area contributed by atoms with Crippen molar-refractivity contribution in [1.82, 2.24) is 14.9 Å². The normalized spacial score (nSPS) is 20.1. The highest BCUT2D eigenvalue weighted by Crippen LogP contribution is 2.37. The number of benzene rings is 1. The molecule has 2 saturated heterocycles. The van der Waals surface area contributed by atoms with E-state index in [0.717, 1.165) is 79.8 Å². The number of ether oxygens (including phenoxy) is 2. The van der Waals surface area contributed by atoms with Crippen LogP contribution in [0.1, 0.15) is 72.0 Å². The number of piperidine rings is 1. The molecule has 1 aliphatic carbocycles. The summed E-state index contributed by atoms with van der Waals surface area (Å²) in [5.74, 6) is 1.07. The highest BCUT2D eigenvalue weighted by molar-refractivity contribution is 5.94. The van der Waals surface area contributed by atoms with Gasteiger partial charge in [-0.15, -0.1) is 0 Å². The van der Waals surface area contributed by atoms with Crippen molar-refractivity contribution in [2.45, 2.75) is 56.5 Å². The van der Waals surface area contributed by atoms with Gasteiger partial charge in [0.1, 0.15) is 17.2 Å². The Morgan fingerprint density at radius 2 is 1.76 bits per heavy atom. The van der Waals surface area contributed by atoms with Gasteiger partial charge in [-0.3, -0.25) is 4.79 Å². The number of pyridine rings is 1. The van der Waals surface area contributed by atoms with Gasteiger partial charge in [-0.1, -0.05) is 0 Å². The van der Waals surface area contributed by atoms with E-state index in [1.54, 1.807) is 0 Å². The molecule has 0 atom stereocenters. The van der Waals surface area contributed by atoms with Crippen molar-refractivity contribution in [3.05, 3.63) is 59.2 Å². The Morgan fingerprint density at radius 3 is 2.47 bits per heavy atom. The zero-order valence-corrected chi connectivity index (χ0v) is 19.3. The predicted molar refractivity (Wildman–Crippen MR) is 127 cm³/mol. The van der Waals surface area contributed by atoms with Crippen molar-refractivity contribution in [2.75, 3.05) is 26.3 Å². The van der Waals surface area contributed by atoms with E-state index in [1.165, 1.54) is 6.20 Å². The molecule has 0 spiro atoms. The lowest BCUT2D eigenvalue weighted by Crippen LogP contribution is -2.38. The minimum absolute atomic E-state index is 0.0280. The second kappa shape index (κ2) is 9.02. The average molecular weight is 464 g/mol. The smallest absolute Gasteiger partial charge is 0.253 e. The number of nitrogens with one attached hydrogen (secondary N) is 1. The summed E-state index contributed by atoms with van der Waals surface area (Å²) < 4.78 is 26.3. The molecule has 34 heavy (non-hydrogen) atoms.